The third-order valence-corrected chi connectivity index (χ3v) is 2.47. The first-order chi connectivity index (χ1) is 7.02. The molecule has 0 amide bonds. The largest absolute Gasteiger partial charge is 0.506 e. The molecule has 0 radical (unpaired) electrons. The van der Waals surface area contributed by atoms with E-state index in [1.165, 1.54) is 13.2 Å². The van der Waals surface area contributed by atoms with Gasteiger partial charge in [-0.3, -0.25) is 4.79 Å². The number of halogens is 1. The summed E-state index contributed by atoms with van der Waals surface area (Å²) in [6, 6.07) is 1.00. The van der Waals surface area contributed by atoms with E-state index in [2.05, 4.69) is 0 Å². The first-order valence-corrected chi connectivity index (χ1v) is 4.58. The lowest BCUT2D eigenvalue weighted by atomic mass is 9.97. The molecule has 0 fully saturated rings. The summed E-state index contributed by atoms with van der Waals surface area (Å²) < 4.78 is 18.4. The standard InChI is InChI=1S/C11H9FO3/c1-5-4-15-11-8(12)3-7(6(2)13)10(14)9(5)11/h3-5H,1-2H3/p+1. The number of aldehydes is 1. The fourth-order valence-corrected chi connectivity index (χ4v) is 1.69. The van der Waals surface area contributed by atoms with Crippen molar-refractivity contribution in [2.24, 2.45) is 0 Å². The maximum atomic E-state index is 13.5. The van der Waals surface area contributed by atoms with E-state index in [1.807, 2.05) is 0 Å². The van der Waals surface area contributed by atoms with Crippen LogP contribution >= 0.6 is 0 Å². The number of Topliss-reactive ketones (excluding diaryl/α,β-unsaturated/α-hetero) is 1. The normalized spacial score (nSPS) is 17.9. The first-order valence-electron chi connectivity index (χ1n) is 4.58. The number of carbonyl (C=O) groups is 1. The van der Waals surface area contributed by atoms with E-state index in [9.17, 15) is 14.3 Å². The second-order valence-corrected chi connectivity index (χ2v) is 3.60. The van der Waals surface area contributed by atoms with Gasteiger partial charge in [-0.1, -0.05) is 0 Å². The highest BCUT2D eigenvalue weighted by atomic mass is 19.1. The molecule has 1 N–H and O–H groups in total. The van der Waals surface area contributed by atoms with E-state index in [4.69, 9.17) is 4.42 Å². The highest BCUT2D eigenvalue weighted by molar-refractivity contribution is 5.98. The minimum Gasteiger partial charge on any atom is -0.506 e. The van der Waals surface area contributed by atoms with Gasteiger partial charge in [0.2, 0.25) is 5.82 Å². The molecular formula is C11H10FO3+. The van der Waals surface area contributed by atoms with E-state index in [0.29, 0.717) is 5.56 Å². The minimum atomic E-state index is -0.617. The molecule has 15 heavy (non-hydrogen) atoms. The van der Waals surface area contributed by atoms with Gasteiger partial charge in [-0.05, 0) is 19.9 Å². The van der Waals surface area contributed by atoms with Crippen molar-refractivity contribution in [3.8, 4) is 11.5 Å². The van der Waals surface area contributed by atoms with Gasteiger partial charge in [0.1, 0.15) is 17.2 Å². The van der Waals surface area contributed by atoms with Crippen LogP contribution in [0.5, 0.6) is 11.5 Å². The molecule has 2 rings (SSSR count). The molecule has 1 heterocycles. The number of hydrogen-bond donors (Lipinski definition) is 1. The Morgan fingerprint density at radius 2 is 2.27 bits per heavy atom. The van der Waals surface area contributed by atoms with Gasteiger partial charge in [-0.15, -0.1) is 0 Å². The molecule has 4 heteroatoms. The maximum Gasteiger partial charge on any atom is 0.395 e. The van der Waals surface area contributed by atoms with E-state index in [1.54, 1.807) is 6.92 Å². The third kappa shape index (κ3) is 1.33. The number of hydrogen-bond acceptors (Lipinski definition) is 2. The average molecular weight is 209 g/mol. The van der Waals surface area contributed by atoms with E-state index >= 15 is 0 Å². The molecule has 1 atom stereocenters. The van der Waals surface area contributed by atoms with Crippen molar-refractivity contribution in [2.45, 2.75) is 19.8 Å². The molecule has 0 bridgehead atoms. The number of ketones is 1. The van der Waals surface area contributed by atoms with Gasteiger partial charge >= 0.3 is 12.0 Å². The SMILES string of the molecule is CC(=O)c1cc(F)c2c(c1O)C(C)C=[O+]2. The Hall–Kier alpha value is -1.71. The van der Waals surface area contributed by atoms with Crippen LogP contribution < -0.4 is 0 Å². The van der Waals surface area contributed by atoms with Crippen LogP contribution in [0.4, 0.5) is 4.39 Å². The first kappa shape index (κ1) is 9.83. The van der Waals surface area contributed by atoms with Gasteiger partial charge in [0.05, 0.1) is 5.56 Å². The van der Waals surface area contributed by atoms with Crippen molar-refractivity contribution < 1.29 is 18.7 Å². The summed E-state index contributed by atoms with van der Waals surface area (Å²) in [7, 11) is 0. The molecular weight excluding hydrogens is 199 g/mol. The number of fused-ring (bicyclic) bond motifs is 1. The van der Waals surface area contributed by atoms with Gasteiger partial charge in [0.15, 0.2) is 5.78 Å². The molecule has 1 aromatic rings. The quantitative estimate of drug-likeness (QED) is 0.438. The summed E-state index contributed by atoms with van der Waals surface area (Å²) in [4.78, 5) is 11.1. The predicted molar refractivity (Wildman–Crippen MR) is 52.0 cm³/mol. The van der Waals surface area contributed by atoms with Crippen LogP contribution in [-0.2, 0) is 4.42 Å². The van der Waals surface area contributed by atoms with Gasteiger partial charge in [0.25, 0.3) is 0 Å². The highest BCUT2D eigenvalue weighted by Crippen LogP contribution is 2.42. The third-order valence-electron chi connectivity index (χ3n) is 2.47. The number of aromatic hydroxyl groups is 1. The molecule has 0 spiro atoms. The van der Waals surface area contributed by atoms with Gasteiger partial charge < -0.3 is 5.11 Å². The summed E-state index contributed by atoms with van der Waals surface area (Å²) in [5.74, 6) is -1.36. The van der Waals surface area contributed by atoms with Crippen molar-refractivity contribution in [2.75, 3.05) is 0 Å². The molecule has 1 aromatic carbocycles. The van der Waals surface area contributed by atoms with Crippen LogP contribution in [0.1, 0.15) is 35.7 Å². The maximum absolute atomic E-state index is 13.5. The molecule has 0 aromatic heterocycles. The smallest absolute Gasteiger partial charge is 0.395 e. The zero-order chi connectivity index (χ0) is 11.2. The highest BCUT2D eigenvalue weighted by Gasteiger charge is 2.36. The van der Waals surface area contributed by atoms with Crippen LogP contribution in [0.25, 0.3) is 0 Å². The monoisotopic (exact) mass is 209 g/mol. The second kappa shape index (κ2) is 3.15. The summed E-state index contributed by atoms with van der Waals surface area (Å²) in [5, 5.41) is 9.79. The van der Waals surface area contributed by atoms with Crippen LogP contribution in [0.2, 0.25) is 0 Å². The van der Waals surface area contributed by atoms with Crippen molar-refractivity contribution in [3.05, 3.63) is 23.0 Å². The Labute approximate surface area is 85.9 Å². The minimum absolute atomic E-state index is 0.00278. The average Bonchev–Trinajstić information content (AvgIpc) is 2.54. The molecule has 1 aliphatic rings. The Bertz CT molecular complexity index is 477. The number of rotatable bonds is 1. The molecule has 0 saturated heterocycles. The number of phenols is 1. The van der Waals surface area contributed by atoms with Crippen molar-refractivity contribution in [1.29, 1.82) is 0 Å². The van der Waals surface area contributed by atoms with Crippen LogP contribution in [-0.4, -0.2) is 17.2 Å². The molecule has 0 saturated carbocycles. The summed E-state index contributed by atoms with van der Waals surface area (Å²) in [6.07, 6.45) is 1.43. The Morgan fingerprint density at radius 1 is 1.60 bits per heavy atom. The molecule has 78 valence electrons. The van der Waals surface area contributed by atoms with Gasteiger partial charge in [-0.2, -0.15) is 4.39 Å². The lowest BCUT2D eigenvalue weighted by Gasteiger charge is -2.04. The zero-order valence-corrected chi connectivity index (χ0v) is 8.37. The van der Waals surface area contributed by atoms with Crippen LogP contribution in [0.3, 0.4) is 0 Å². The van der Waals surface area contributed by atoms with Crippen LogP contribution in [0.15, 0.2) is 6.07 Å². The molecule has 1 aliphatic heterocycles. The summed E-state index contributed by atoms with van der Waals surface area (Å²) in [6.45, 7) is 3.04. The van der Waals surface area contributed by atoms with Crippen molar-refractivity contribution in [1.82, 2.24) is 0 Å². The van der Waals surface area contributed by atoms with E-state index in [0.717, 1.165) is 6.07 Å². The fraction of sp³-hybridized carbons (Fsp3) is 0.273. The van der Waals surface area contributed by atoms with Gasteiger partial charge in [0, 0.05) is 0 Å². The number of benzene rings is 1. The zero-order valence-electron chi connectivity index (χ0n) is 8.37. The van der Waals surface area contributed by atoms with Crippen molar-refractivity contribution >= 4 is 12.1 Å². The summed E-state index contributed by atoms with van der Waals surface area (Å²) >= 11 is 0. The molecule has 3 nitrogen and oxygen atoms in total. The van der Waals surface area contributed by atoms with E-state index < -0.39 is 5.82 Å². The Morgan fingerprint density at radius 3 is 2.87 bits per heavy atom. The lowest BCUT2D eigenvalue weighted by Crippen LogP contribution is -1.99. The van der Waals surface area contributed by atoms with Crippen molar-refractivity contribution in [3.63, 3.8) is 0 Å². The fourth-order valence-electron chi connectivity index (χ4n) is 1.69. The summed E-state index contributed by atoms with van der Waals surface area (Å²) in [5.41, 5.74) is 0.345. The van der Waals surface area contributed by atoms with Gasteiger partial charge in [-0.25, -0.2) is 4.42 Å². The van der Waals surface area contributed by atoms with Crippen LogP contribution in [0, 0.1) is 5.82 Å². The second-order valence-electron chi connectivity index (χ2n) is 3.60. The molecule has 1 unspecified atom stereocenters. The van der Waals surface area contributed by atoms with E-state index in [-0.39, 0.29) is 28.8 Å². The molecule has 0 aliphatic carbocycles. The predicted octanol–water partition coefficient (Wildman–Crippen LogP) is 2.30. The topological polar surface area (TPSA) is 48.6 Å². The Kier molecular flexibility index (Phi) is 2.07. The Balaban J connectivity index is 2.74. The number of phenolic OH excluding ortho intramolecular Hbond substituents is 1. The number of carbonyl (C=O) groups excluding carboxylic acids is 2. The lowest BCUT2D eigenvalue weighted by molar-refractivity contribution is -0.360.